The minimum atomic E-state index is -3.62. The molecule has 1 heterocycles. The van der Waals surface area contributed by atoms with Gasteiger partial charge in [-0.1, -0.05) is 12.1 Å². The van der Waals surface area contributed by atoms with Crippen molar-refractivity contribution in [2.75, 3.05) is 18.4 Å². The Kier molecular flexibility index (Phi) is 5.04. The number of rotatable bonds is 5. The summed E-state index contributed by atoms with van der Waals surface area (Å²) in [5, 5.41) is 2.60. The maximum atomic E-state index is 12.3. The third-order valence-electron chi connectivity index (χ3n) is 3.80. The summed E-state index contributed by atoms with van der Waals surface area (Å²) in [6.07, 6.45) is -0.148. The Morgan fingerprint density at radius 3 is 2.56 bits per heavy atom. The summed E-state index contributed by atoms with van der Waals surface area (Å²) in [4.78, 5) is 24.5. The van der Waals surface area contributed by atoms with E-state index >= 15 is 0 Å². The summed E-state index contributed by atoms with van der Waals surface area (Å²) in [5.41, 5.74) is 0.325. The summed E-state index contributed by atoms with van der Waals surface area (Å²) < 4.78 is 39.2. The molecule has 2 aromatic carbocycles. The van der Waals surface area contributed by atoms with Gasteiger partial charge in [0.15, 0.2) is 27.4 Å². The number of carbonyl (C=O) groups is 2. The molecule has 0 unspecified atom stereocenters. The Balaban J connectivity index is 1.69. The van der Waals surface area contributed by atoms with Gasteiger partial charge in [-0.2, -0.15) is 0 Å². The largest absolute Gasteiger partial charge is 0.454 e. The van der Waals surface area contributed by atoms with Crippen molar-refractivity contribution in [1.82, 2.24) is 0 Å². The Morgan fingerprint density at radius 1 is 1.11 bits per heavy atom. The van der Waals surface area contributed by atoms with Crippen molar-refractivity contribution >= 4 is 27.4 Å². The number of ether oxygens (including phenoxy) is 3. The minimum absolute atomic E-state index is 0.112. The first-order valence-corrected chi connectivity index (χ1v) is 9.85. The zero-order valence-electron chi connectivity index (χ0n) is 14.6. The van der Waals surface area contributed by atoms with Crippen LogP contribution in [0.5, 0.6) is 11.5 Å². The maximum Gasteiger partial charge on any atom is 0.340 e. The SMILES string of the molecule is C[C@H](OC(=O)c1ccccc1S(C)(=O)=O)C(=O)Nc1ccc2c(c1)OCO2. The summed E-state index contributed by atoms with van der Waals surface area (Å²) in [7, 11) is -3.62. The first-order valence-electron chi connectivity index (χ1n) is 7.96. The van der Waals surface area contributed by atoms with Gasteiger partial charge in [-0.15, -0.1) is 0 Å². The monoisotopic (exact) mass is 391 g/mol. The highest BCUT2D eigenvalue weighted by atomic mass is 32.2. The van der Waals surface area contributed by atoms with Gasteiger partial charge in [0.05, 0.1) is 10.5 Å². The van der Waals surface area contributed by atoms with Gasteiger partial charge < -0.3 is 19.5 Å². The van der Waals surface area contributed by atoms with E-state index < -0.39 is 27.8 Å². The third-order valence-corrected chi connectivity index (χ3v) is 4.95. The van der Waals surface area contributed by atoms with Crippen LogP contribution in [-0.2, 0) is 19.4 Å². The molecule has 0 radical (unpaired) electrons. The highest BCUT2D eigenvalue weighted by Crippen LogP contribution is 2.34. The Morgan fingerprint density at radius 2 is 1.81 bits per heavy atom. The average Bonchev–Trinajstić information content (AvgIpc) is 3.08. The average molecular weight is 391 g/mol. The van der Waals surface area contributed by atoms with Crippen LogP contribution in [0.4, 0.5) is 5.69 Å². The molecule has 0 bridgehead atoms. The second-order valence-electron chi connectivity index (χ2n) is 5.87. The van der Waals surface area contributed by atoms with Crippen LogP contribution in [0.15, 0.2) is 47.4 Å². The molecule has 8 nitrogen and oxygen atoms in total. The normalized spacial score (nSPS) is 13.7. The smallest absolute Gasteiger partial charge is 0.340 e. The van der Waals surface area contributed by atoms with Gasteiger partial charge in [0.1, 0.15) is 0 Å². The number of sulfone groups is 1. The summed E-state index contributed by atoms with van der Waals surface area (Å²) in [6, 6.07) is 10.5. The third kappa shape index (κ3) is 4.20. The molecule has 0 saturated carbocycles. The molecular weight excluding hydrogens is 374 g/mol. The number of amides is 1. The lowest BCUT2D eigenvalue weighted by molar-refractivity contribution is -0.123. The fourth-order valence-electron chi connectivity index (χ4n) is 2.45. The van der Waals surface area contributed by atoms with E-state index in [4.69, 9.17) is 14.2 Å². The Labute approximate surface area is 156 Å². The number of nitrogens with one attached hydrogen (secondary N) is 1. The van der Waals surface area contributed by atoms with Gasteiger partial charge in [-0.3, -0.25) is 4.79 Å². The molecular formula is C18H17NO7S. The van der Waals surface area contributed by atoms with E-state index in [1.807, 2.05) is 0 Å². The molecule has 3 rings (SSSR count). The Bertz CT molecular complexity index is 1000. The summed E-state index contributed by atoms with van der Waals surface area (Å²) in [6.45, 7) is 1.50. The minimum Gasteiger partial charge on any atom is -0.454 e. The van der Waals surface area contributed by atoms with Gasteiger partial charge in [0.2, 0.25) is 6.79 Å². The van der Waals surface area contributed by atoms with Gasteiger partial charge in [-0.05, 0) is 31.2 Å². The van der Waals surface area contributed by atoms with E-state index in [0.717, 1.165) is 6.26 Å². The van der Waals surface area contributed by atoms with E-state index in [-0.39, 0.29) is 17.3 Å². The van der Waals surface area contributed by atoms with E-state index in [0.29, 0.717) is 17.2 Å². The molecule has 1 aliphatic rings. The Hall–Kier alpha value is -3.07. The van der Waals surface area contributed by atoms with Crippen LogP contribution in [0, 0.1) is 0 Å². The van der Waals surface area contributed by atoms with Crippen LogP contribution in [-0.4, -0.2) is 39.4 Å². The predicted octanol–water partition coefficient (Wildman–Crippen LogP) is 2.00. The molecule has 2 aromatic rings. The highest BCUT2D eigenvalue weighted by Gasteiger charge is 2.24. The number of hydrogen-bond acceptors (Lipinski definition) is 7. The number of esters is 1. The number of benzene rings is 2. The van der Waals surface area contributed by atoms with Gasteiger partial charge in [0, 0.05) is 18.0 Å². The molecule has 1 N–H and O–H groups in total. The maximum absolute atomic E-state index is 12.3. The van der Waals surface area contributed by atoms with E-state index in [9.17, 15) is 18.0 Å². The highest BCUT2D eigenvalue weighted by molar-refractivity contribution is 7.90. The van der Waals surface area contributed by atoms with Crippen molar-refractivity contribution in [3.63, 3.8) is 0 Å². The van der Waals surface area contributed by atoms with Crippen molar-refractivity contribution in [3.05, 3.63) is 48.0 Å². The van der Waals surface area contributed by atoms with Crippen LogP contribution in [0.2, 0.25) is 0 Å². The van der Waals surface area contributed by atoms with Crippen LogP contribution in [0.3, 0.4) is 0 Å². The summed E-state index contributed by atoms with van der Waals surface area (Å²) >= 11 is 0. The number of carbonyl (C=O) groups excluding carboxylic acids is 2. The molecule has 0 fully saturated rings. The molecule has 1 atom stereocenters. The quantitative estimate of drug-likeness (QED) is 0.777. The van der Waals surface area contributed by atoms with Crippen molar-refractivity contribution in [2.45, 2.75) is 17.9 Å². The standard InChI is InChI=1S/C18H17NO7S/c1-11(17(20)19-12-7-8-14-15(9-12)25-10-24-14)26-18(21)13-5-3-4-6-16(13)27(2,22)23/h3-9,11H,10H2,1-2H3,(H,19,20)/t11-/m0/s1. The van der Waals surface area contributed by atoms with E-state index in [2.05, 4.69) is 5.32 Å². The fourth-order valence-corrected chi connectivity index (χ4v) is 3.33. The molecule has 9 heteroatoms. The topological polar surface area (TPSA) is 108 Å². The van der Waals surface area contributed by atoms with Crippen LogP contribution >= 0.6 is 0 Å². The first-order chi connectivity index (χ1) is 12.8. The zero-order valence-corrected chi connectivity index (χ0v) is 15.4. The van der Waals surface area contributed by atoms with Crippen LogP contribution in [0.1, 0.15) is 17.3 Å². The molecule has 27 heavy (non-hydrogen) atoms. The molecule has 1 amide bonds. The van der Waals surface area contributed by atoms with E-state index in [1.165, 1.54) is 31.2 Å². The lowest BCUT2D eigenvalue weighted by Crippen LogP contribution is -2.30. The van der Waals surface area contributed by atoms with Crippen molar-refractivity contribution in [1.29, 1.82) is 0 Å². The molecule has 0 aromatic heterocycles. The lowest BCUT2D eigenvalue weighted by atomic mass is 10.2. The lowest BCUT2D eigenvalue weighted by Gasteiger charge is -2.15. The summed E-state index contributed by atoms with van der Waals surface area (Å²) in [5.74, 6) is -0.396. The number of hydrogen-bond donors (Lipinski definition) is 1. The second-order valence-corrected chi connectivity index (χ2v) is 7.86. The fraction of sp³-hybridized carbons (Fsp3) is 0.222. The van der Waals surface area contributed by atoms with Crippen molar-refractivity contribution in [2.24, 2.45) is 0 Å². The number of anilines is 1. The van der Waals surface area contributed by atoms with Gasteiger partial charge in [0.25, 0.3) is 5.91 Å². The number of fused-ring (bicyclic) bond motifs is 1. The van der Waals surface area contributed by atoms with E-state index in [1.54, 1.807) is 18.2 Å². The van der Waals surface area contributed by atoms with Crippen LogP contribution < -0.4 is 14.8 Å². The predicted molar refractivity (Wildman–Crippen MR) is 95.6 cm³/mol. The van der Waals surface area contributed by atoms with Crippen LogP contribution in [0.25, 0.3) is 0 Å². The molecule has 142 valence electrons. The molecule has 0 saturated heterocycles. The van der Waals surface area contributed by atoms with Gasteiger partial charge in [-0.25, -0.2) is 13.2 Å². The van der Waals surface area contributed by atoms with Gasteiger partial charge >= 0.3 is 5.97 Å². The molecule has 1 aliphatic heterocycles. The first kappa shape index (κ1) is 18.7. The zero-order chi connectivity index (χ0) is 19.6. The van der Waals surface area contributed by atoms with Crippen molar-refractivity contribution in [3.8, 4) is 11.5 Å². The molecule has 0 aliphatic carbocycles. The molecule has 0 spiro atoms. The van der Waals surface area contributed by atoms with Crippen molar-refractivity contribution < 1.29 is 32.2 Å². The second kappa shape index (κ2) is 7.28.